The van der Waals surface area contributed by atoms with Gasteiger partial charge in [-0.15, -0.1) is 62.0 Å². The van der Waals surface area contributed by atoms with Crippen LogP contribution in [0.2, 0.25) is 0 Å². The van der Waals surface area contributed by atoms with Gasteiger partial charge in [0.1, 0.15) is 11.5 Å². The molecule has 0 radical (unpaired) electrons. The highest BCUT2D eigenvalue weighted by molar-refractivity contribution is 5.94. The van der Waals surface area contributed by atoms with Crippen molar-refractivity contribution in [3.63, 3.8) is 0 Å². The number of halogens is 5. The molecular formula is C23H36Cl5N5O2. The van der Waals surface area contributed by atoms with Crippen LogP contribution in [0, 0.1) is 0 Å². The van der Waals surface area contributed by atoms with Gasteiger partial charge in [0.2, 0.25) is 0 Å². The zero-order valence-corrected chi connectivity index (χ0v) is 23.8. The van der Waals surface area contributed by atoms with E-state index in [1.165, 1.54) is 5.69 Å². The molecule has 1 saturated heterocycles. The second-order valence-electron chi connectivity index (χ2n) is 7.51. The molecule has 2 aromatic rings. The van der Waals surface area contributed by atoms with Crippen LogP contribution in [0.25, 0.3) is 0 Å². The van der Waals surface area contributed by atoms with Gasteiger partial charge in [-0.1, -0.05) is 12.1 Å². The molecule has 200 valence electrons. The molecule has 2 aromatic carbocycles. The number of rotatable bonds is 8. The van der Waals surface area contributed by atoms with Gasteiger partial charge in [-0.25, -0.2) is 0 Å². The van der Waals surface area contributed by atoms with E-state index in [1.54, 1.807) is 7.11 Å². The number of ether oxygens (including phenoxy) is 2. The molecule has 0 amide bonds. The van der Waals surface area contributed by atoms with E-state index < -0.39 is 0 Å². The highest BCUT2D eigenvalue weighted by Gasteiger charge is 2.19. The molecule has 2 aliphatic heterocycles. The first-order valence-corrected chi connectivity index (χ1v) is 10.7. The monoisotopic (exact) mass is 589 g/mol. The van der Waals surface area contributed by atoms with E-state index in [9.17, 15) is 0 Å². The third-order valence-electron chi connectivity index (χ3n) is 5.48. The number of anilines is 2. The van der Waals surface area contributed by atoms with Crippen molar-refractivity contribution in [3.05, 3.63) is 48.5 Å². The maximum Gasteiger partial charge on any atom is 0.195 e. The summed E-state index contributed by atoms with van der Waals surface area (Å²) in [6.45, 7) is 7.70. The predicted octanol–water partition coefficient (Wildman–Crippen LogP) is 4.77. The summed E-state index contributed by atoms with van der Waals surface area (Å²) in [6, 6.07) is 16.3. The minimum atomic E-state index is 0. The number of nitrogens with one attached hydrogen (secondary N) is 2. The number of piperazine rings is 1. The highest BCUT2D eigenvalue weighted by Crippen LogP contribution is 2.28. The predicted molar refractivity (Wildman–Crippen MR) is 158 cm³/mol. The molecule has 7 nitrogen and oxygen atoms in total. The number of para-hydroxylation sites is 2. The summed E-state index contributed by atoms with van der Waals surface area (Å²) in [4.78, 5) is 9.26. The number of nitrogens with zero attached hydrogens (tertiary/aromatic N) is 3. The second-order valence-corrected chi connectivity index (χ2v) is 7.51. The Bertz CT molecular complexity index is 852. The number of aliphatic imine (C=N–C) groups is 1. The molecule has 4 rings (SSSR count). The number of benzene rings is 2. The number of methoxy groups -OCH3 is 1. The SMILES string of the molecule is COc1ccccc1N1CCN(CCCOc2ccc(NC3=NCCN3)cc2)CC1.Cl.Cl.Cl.Cl.Cl. The molecule has 0 aliphatic carbocycles. The van der Waals surface area contributed by atoms with Crippen molar-refractivity contribution < 1.29 is 9.47 Å². The maximum absolute atomic E-state index is 5.92. The van der Waals surface area contributed by atoms with E-state index in [2.05, 4.69) is 37.6 Å². The van der Waals surface area contributed by atoms with E-state index in [0.29, 0.717) is 0 Å². The van der Waals surface area contributed by atoms with Crippen molar-refractivity contribution in [3.8, 4) is 11.5 Å². The van der Waals surface area contributed by atoms with Crippen LogP contribution in [0.15, 0.2) is 53.5 Å². The second kappa shape index (κ2) is 18.7. The molecule has 1 fully saturated rings. The Labute approximate surface area is 239 Å². The van der Waals surface area contributed by atoms with E-state index in [1.807, 2.05) is 36.4 Å². The Kier molecular flexibility index (Phi) is 19.1. The van der Waals surface area contributed by atoms with Crippen LogP contribution in [-0.2, 0) is 0 Å². The Morgan fingerprint density at radius 1 is 0.914 bits per heavy atom. The van der Waals surface area contributed by atoms with Gasteiger partial charge in [0.15, 0.2) is 5.96 Å². The smallest absolute Gasteiger partial charge is 0.195 e. The summed E-state index contributed by atoms with van der Waals surface area (Å²) < 4.78 is 11.4. The van der Waals surface area contributed by atoms with Crippen molar-refractivity contribution in [2.75, 3.05) is 69.7 Å². The van der Waals surface area contributed by atoms with Gasteiger partial charge in [0.25, 0.3) is 0 Å². The van der Waals surface area contributed by atoms with Crippen molar-refractivity contribution in [1.82, 2.24) is 10.2 Å². The standard InChI is InChI=1S/C23H31N5O2.5ClH/c1-29-22-6-3-2-5-21(22)28-16-14-27(15-17-28)13-4-18-30-20-9-7-19(8-10-20)26-23-24-11-12-25-23;;;;;/h2-3,5-10H,4,11-18H2,1H3,(H2,24,25,26);5*1H. The van der Waals surface area contributed by atoms with Crippen LogP contribution in [0.3, 0.4) is 0 Å². The Hall–Kier alpha value is -1.48. The Balaban J connectivity index is 0. The molecular weight excluding hydrogens is 556 g/mol. The molecule has 0 atom stereocenters. The topological polar surface area (TPSA) is 61.4 Å². The average Bonchev–Trinajstić information content (AvgIpc) is 3.31. The zero-order valence-electron chi connectivity index (χ0n) is 19.7. The molecule has 2 aliphatic rings. The van der Waals surface area contributed by atoms with Crippen molar-refractivity contribution >= 4 is 79.4 Å². The lowest BCUT2D eigenvalue weighted by molar-refractivity contribution is 0.224. The van der Waals surface area contributed by atoms with Crippen LogP contribution >= 0.6 is 62.0 Å². The molecule has 0 bridgehead atoms. The van der Waals surface area contributed by atoms with Crippen LogP contribution < -0.4 is 25.0 Å². The van der Waals surface area contributed by atoms with E-state index in [4.69, 9.17) is 9.47 Å². The zero-order chi connectivity index (χ0) is 20.6. The van der Waals surface area contributed by atoms with Gasteiger partial charge in [0, 0.05) is 45.0 Å². The van der Waals surface area contributed by atoms with Gasteiger partial charge < -0.3 is 25.0 Å². The van der Waals surface area contributed by atoms with Gasteiger partial charge in [-0.3, -0.25) is 9.89 Å². The fourth-order valence-corrected chi connectivity index (χ4v) is 3.83. The largest absolute Gasteiger partial charge is 0.495 e. The average molecular weight is 592 g/mol. The van der Waals surface area contributed by atoms with Gasteiger partial charge in [-0.05, 0) is 42.8 Å². The lowest BCUT2D eigenvalue weighted by Crippen LogP contribution is -2.46. The van der Waals surface area contributed by atoms with Crippen LogP contribution in [0.1, 0.15) is 6.42 Å². The van der Waals surface area contributed by atoms with Crippen molar-refractivity contribution in [1.29, 1.82) is 0 Å². The lowest BCUT2D eigenvalue weighted by atomic mass is 10.2. The molecule has 2 heterocycles. The molecule has 0 saturated carbocycles. The molecule has 0 unspecified atom stereocenters. The molecule has 2 N–H and O–H groups in total. The third kappa shape index (κ3) is 10.6. The van der Waals surface area contributed by atoms with Gasteiger partial charge in [-0.2, -0.15) is 0 Å². The number of hydrogen-bond donors (Lipinski definition) is 2. The van der Waals surface area contributed by atoms with Crippen molar-refractivity contribution in [2.45, 2.75) is 6.42 Å². The van der Waals surface area contributed by atoms with Crippen LogP contribution in [-0.4, -0.2) is 70.4 Å². The van der Waals surface area contributed by atoms with Crippen LogP contribution in [0.5, 0.6) is 11.5 Å². The summed E-state index contributed by atoms with van der Waals surface area (Å²) in [5, 5.41) is 6.47. The summed E-state index contributed by atoms with van der Waals surface area (Å²) in [5.41, 5.74) is 2.21. The quantitative estimate of drug-likeness (QED) is 0.432. The summed E-state index contributed by atoms with van der Waals surface area (Å²) in [7, 11) is 1.74. The normalized spacial score (nSPS) is 14.3. The summed E-state index contributed by atoms with van der Waals surface area (Å²) in [5.74, 6) is 2.70. The molecule has 35 heavy (non-hydrogen) atoms. The summed E-state index contributed by atoms with van der Waals surface area (Å²) >= 11 is 0. The number of guanidine groups is 1. The molecule has 12 heteroatoms. The minimum Gasteiger partial charge on any atom is -0.495 e. The fraction of sp³-hybridized carbons (Fsp3) is 0.435. The van der Waals surface area contributed by atoms with Gasteiger partial charge >= 0.3 is 0 Å². The molecule has 0 aromatic heterocycles. The third-order valence-corrected chi connectivity index (χ3v) is 5.48. The highest BCUT2D eigenvalue weighted by atomic mass is 35.5. The van der Waals surface area contributed by atoms with Crippen molar-refractivity contribution in [2.24, 2.45) is 4.99 Å². The Morgan fingerprint density at radius 2 is 1.60 bits per heavy atom. The lowest BCUT2D eigenvalue weighted by Gasteiger charge is -2.36. The molecule has 0 spiro atoms. The number of hydrogen-bond acceptors (Lipinski definition) is 7. The minimum absolute atomic E-state index is 0. The van der Waals surface area contributed by atoms with E-state index >= 15 is 0 Å². The summed E-state index contributed by atoms with van der Waals surface area (Å²) in [6.07, 6.45) is 1.02. The first-order chi connectivity index (χ1) is 14.8. The fourth-order valence-electron chi connectivity index (χ4n) is 3.83. The Morgan fingerprint density at radius 3 is 2.23 bits per heavy atom. The van der Waals surface area contributed by atoms with E-state index in [0.717, 1.165) is 82.0 Å². The first-order valence-electron chi connectivity index (χ1n) is 10.7. The maximum atomic E-state index is 5.92. The van der Waals surface area contributed by atoms with E-state index in [-0.39, 0.29) is 62.0 Å². The first kappa shape index (κ1) is 35.7. The van der Waals surface area contributed by atoms with Gasteiger partial charge in [0.05, 0.1) is 25.9 Å². The van der Waals surface area contributed by atoms with Crippen LogP contribution in [0.4, 0.5) is 11.4 Å².